The fraction of sp³-hybridized carbons (Fsp3) is 0.176. The number of benzene rings is 2. The number of ether oxygens (including phenoxy) is 2. The molecule has 0 spiro atoms. The number of esters is 1. The van der Waals surface area contributed by atoms with Crippen LogP contribution in [0.3, 0.4) is 0 Å². The Bertz CT molecular complexity index is 890. The summed E-state index contributed by atoms with van der Waals surface area (Å²) in [5.41, 5.74) is -0.326. The van der Waals surface area contributed by atoms with Crippen LogP contribution in [0, 0.1) is 0 Å². The van der Waals surface area contributed by atoms with Crippen LogP contribution in [0.4, 0.5) is 0 Å². The van der Waals surface area contributed by atoms with Crippen LogP contribution in [-0.2, 0) is 19.4 Å². The minimum atomic E-state index is -3.78. The van der Waals surface area contributed by atoms with Gasteiger partial charge in [-0.3, -0.25) is 4.79 Å². The van der Waals surface area contributed by atoms with Crippen LogP contribution >= 0.6 is 0 Å². The van der Waals surface area contributed by atoms with Crippen LogP contribution < -0.4 is 4.74 Å². The molecule has 138 valence electrons. The highest BCUT2D eigenvalue weighted by molar-refractivity contribution is 7.92. The van der Waals surface area contributed by atoms with Gasteiger partial charge in [0.1, 0.15) is 30.3 Å². The second-order valence-corrected chi connectivity index (χ2v) is 7.11. The molecule has 0 unspecified atom stereocenters. The number of aromatic carboxylic acids is 1. The van der Waals surface area contributed by atoms with E-state index in [1.807, 2.05) is 0 Å². The number of carbonyl (C=O) groups excluding carboxylic acids is 1. The van der Waals surface area contributed by atoms with Crippen molar-refractivity contribution < 1.29 is 37.7 Å². The van der Waals surface area contributed by atoms with Gasteiger partial charge in [-0.15, -0.1) is 0 Å². The number of sulfone groups is 1. The lowest BCUT2D eigenvalue weighted by Gasteiger charge is -2.09. The molecule has 2 rings (SSSR count). The lowest BCUT2D eigenvalue weighted by Crippen LogP contribution is -2.21. The molecule has 9 heteroatoms. The van der Waals surface area contributed by atoms with E-state index in [0.29, 0.717) is 0 Å². The topological polar surface area (TPSA) is 127 Å². The molecule has 0 aliphatic rings. The smallest absolute Gasteiger partial charge is 0.339 e. The standard InChI is InChI=1S/C17H16O8S/c18-15-7-6-12(10-14(15)17(20)21)24-8-9-25-16(19)11-26(22,23)13-4-2-1-3-5-13/h1-7,10,18H,8-9,11H2,(H,20,21). The highest BCUT2D eigenvalue weighted by atomic mass is 32.2. The number of carboxylic acids is 1. The third-order valence-electron chi connectivity index (χ3n) is 3.22. The van der Waals surface area contributed by atoms with Gasteiger partial charge in [0.2, 0.25) is 0 Å². The molecule has 26 heavy (non-hydrogen) atoms. The first kappa shape index (κ1) is 19.3. The number of phenols is 1. The lowest BCUT2D eigenvalue weighted by molar-refractivity contribution is -0.141. The van der Waals surface area contributed by atoms with Crippen LogP contribution in [0.15, 0.2) is 53.4 Å². The molecule has 2 N–H and O–H groups in total. The third-order valence-corrected chi connectivity index (χ3v) is 4.83. The molecule has 0 radical (unpaired) electrons. The van der Waals surface area contributed by atoms with Gasteiger partial charge in [0.25, 0.3) is 0 Å². The molecule has 0 fully saturated rings. The molecule has 0 atom stereocenters. The monoisotopic (exact) mass is 380 g/mol. The zero-order valence-electron chi connectivity index (χ0n) is 13.5. The maximum Gasteiger partial charge on any atom is 0.339 e. The van der Waals surface area contributed by atoms with Crippen molar-refractivity contribution in [3.05, 3.63) is 54.1 Å². The second-order valence-electron chi connectivity index (χ2n) is 5.13. The highest BCUT2D eigenvalue weighted by Gasteiger charge is 2.20. The van der Waals surface area contributed by atoms with Gasteiger partial charge < -0.3 is 19.7 Å². The Kier molecular flexibility index (Phi) is 6.18. The molecule has 0 heterocycles. The van der Waals surface area contributed by atoms with Crippen molar-refractivity contribution in [3.8, 4) is 11.5 Å². The van der Waals surface area contributed by atoms with Gasteiger partial charge in [-0.05, 0) is 30.3 Å². The fourth-order valence-electron chi connectivity index (χ4n) is 2.00. The molecule has 2 aromatic rings. The molecule has 0 bridgehead atoms. The summed E-state index contributed by atoms with van der Waals surface area (Å²) in [6.07, 6.45) is 0. The van der Waals surface area contributed by atoms with Crippen molar-refractivity contribution in [3.63, 3.8) is 0 Å². The summed E-state index contributed by atoms with van der Waals surface area (Å²) < 4.78 is 34.1. The Morgan fingerprint density at radius 2 is 1.69 bits per heavy atom. The SMILES string of the molecule is O=C(CS(=O)(=O)c1ccccc1)OCCOc1ccc(O)c(C(=O)O)c1. The number of carboxylic acid groups (broad SMARTS) is 1. The van der Waals surface area contributed by atoms with Gasteiger partial charge in [-0.25, -0.2) is 13.2 Å². The summed E-state index contributed by atoms with van der Waals surface area (Å²) in [6, 6.07) is 11.2. The van der Waals surface area contributed by atoms with E-state index in [0.717, 1.165) is 12.1 Å². The number of hydrogen-bond acceptors (Lipinski definition) is 7. The summed E-state index contributed by atoms with van der Waals surface area (Å²) in [4.78, 5) is 22.6. The quantitative estimate of drug-likeness (QED) is 0.521. The summed E-state index contributed by atoms with van der Waals surface area (Å²) >= 11 is 0. The van der Waals surface area contributed by atoms with E-state index in [9.17, 15) is 23.1 Å². The summed E-state index contributed by atoms with van der Waals surface area (Å²) in [5, 5.41) is 18.3. The van der Waals surface area contributed by atoms with E-state index in [1.165, 1.54) is 18.2 Å². The minimum Gasteiger partial charge on any atom is -0.507 e. The van der Waals surface area contributed by atoms with Crippen LogP contribution in [0.5, 0.6) is 11.5 Å². The predicted molar refractivity (Wildman–Crippen MR) is 90.0 cm³/mol. The van der Waals surface area contributed by atoms with E-state index in [4.69, 9.17) is 14.6 Å². The molecule has 0 aromatic heterocycles. The average molecular weight is 380 g/mol. The molecule has 8 nitrogen and oxygen atoms in total. The first-order chi connectivity index (χ1) is 12.3. The van der Waals surface area contributed by atoms with Crippen molar-refractivity contribution in [2.75, 3.05) is 19.0 Å². The molecule has 0 saturated carbocycles. The van der Waals surface area contributed by atoms with E-state index in [-0.39, 0.29) is 29.4 Å². The Morgan fingerprint density at radius 3 is 2.35 bits per heavy atom. The van der Waals surface area contributed by atoms with Crippen LogP contribution in [-0.4, -0.2) is 49.5 Å². The maximum absolute atomic E-state index is 12.0. The Morgan fingerprint density at radius 1 is 1.00 bits per heavy atom. The van der Waals surface area contributed by atoms with Gasteiger partial charge >= 0.3 is 11.9 Å². The maximum atomic E-state index is 12.0. The van der Waals surface area contributed by atoms with E-state index in [1.54, 1.807) is 18.2 Å². The van der Waals surface area contributed by atoms with Gasteiger partial charge in [-0.2, -0.15) is 0 Å². The summed E-state index contributed by atoms with van der Waals surface area (Å²) in [7, 11) is -3.78. The van der Waals surface area contributed by atoms with Crippen molar-refractivity contribution >= 4 is 21.8 Å². The fourth-order valence-corrected chi connectivity index (χ4v) is 3.13. The number of aromatic hydroxyl groups is 1. The van der Waals surface area contributed by atoms with Gasteiger partial charge in [-0.1, -0.05) is 18.2 Å². The van der Waals surface area contributed by atoms with Gasteiger partial charge in [0.05, 0.1) is 4.90 Å². The van der Waals surface area contributed by atoms with Crippen molar-refractivity contribution in [1.29, 1.82) is 0 Å². The van der Waals surface area contributed by atoms with Crippen molar-refractivity contribution in [2.45, 2.75) is 4.90 Å². The summed E-state index contributed by atoms with van der Waals surface area (Å²) in [5.74, 6) is -3.27. The third kappa shape index (κ3) is 5.21. The molecular formula is C17H16O8S. The predicted octanol–water partition coefficient (Wildman–Crippen LogP) is 1.49. The Hall–Kier alpha value is -3.07. The van der Waals surface area contributed by atoms with E-state index < -0.39 is 33.3 Å². The largest absolute Gasteiger partial charge is 0.507 e. The summed E-state index contributed by atoms with van der Waals surface area (Å²) in [6.45, 7) is -0.326. The van der Waals surface area contributed by atoms with Gasteiger partial charge in [0, 0.05) is 0 Å². The Labute approximate surface area is 149 Å². The molecule has 0 aliphatic carbocycles. The number of hydrogen-bond donors (Lipinski definition) is 2. The Balaban J connectivity index is 1.82. The molecule has 0 amide bonds. The molecule has 2 aromatic carbocycles. The first-order valence-corrected chi connectivity index (χ1v) is 9.07. The zero-order valence-corrected chi connectivity index (χ0v) is 14.3. The highest BCUT2D eigenvalue weighted by Crippen LogP contribution is 2.22. The van der Waals surface area contributed by atoms with Crippen molar-refractivity contribution in [2.24, 2.45) is 0 Å². The van der Waals surface area contributed by atoms with Crippen LogP contribution in [0.2, 0.25) is 0 Å². The van der Waals surface area contributed by atoms with Crippen LogP contribution in [0.25, 0.3) is 0 Å². The number of carbonyl (C=O) groups is 2. The molecule has 0 aliphatic heterocycles. The molecule has 0 saturated heterocycles. The minimum absolute atomic E-state index is 0.0264. The lowest BCUT2D eigenvalue weighted by atomic mass is 10.2. The van der Waals surface area contributed by atoms with E-state index >= 15 is 0 Å². The average Bonchev–Trinajstić information content (AvgIpc) is 2.60. The van der Waals surface area contributed by atoms with Gasteiger partial charge in [0.15, 0.2) is 15.6 Å². The number of rotatable bonds is 8. The normalized spacial score (nSPS) is 10.9. The first-order valence-electron chi connectivity index (χ1n) is 7.42. The van der Waals surface area contributed by atoms with Crippen molar-refractivity contribution in [1.82, 2.24) is 0 Å². The van der Waals surface area contributed by atoms with E-state index in [2.05, 4.69) is 0 Å². The zero-order chi connectivity index (χ0) is 19.2. The molecular weight excluding hydrogens is 364 g/mol. The second kappa shape index (κ2) is 8.34. The van der Waals surface area contributed by atoms with Crippen LogP contribution in [0.1, 0.15) is 10.4 Å².